The van der Waals surface area contributed by atoms with Gasteiger partial charge in [0, 0.05) is 4.91 Å². The number of azide groups is 1. The van der Waals surface area contributed by atoms with Crippen molar-refractivity contribution in [1.82, 2.24) is 0 Å². The van der Waals surface area contributed by atoms with E-state index in [1.54, 1.807) is 6.08 Å². The molecule has 1 aromatic rings. The molecule has 0 heterocycles. The van der Waals surface area contributed by atoms with Crippen LogP contribution in [0.25, 0.3) is 16.5 Å². The van der Waals surface area contributed by atoms with Crippen LogP contribution in [-0.4, -0.2) is 6.34 Å². The van der Waals surface area contributed by atoms with E-state index in [2.05, 4.69) is 21.6 Å². The number of nitrogens with zero attached hydrogens (tertiary/aromatic N) is 4. The molecule has 1 aromatic carbocycles. The number of rotatable bonds is 3. The molecule has 13 heavy (non-hydrogen) atoms. The number of para-hydroxylation sites is 1. The summed E-state index contributed by atoms with van der Waals surface area (Å²) in [6.45, 7) is 3.64. The molecule has 0 aliphatic rings. The second-order valence-electron chi connectivity index (χ2n) is 2.21. The van der Waals surface area contributed by atoms with Crippen molar-refractivity contribution in [2.24, 2.45) is 10.1 Å². The van der Waals surface area contributed by atoms with Gasteiger partial charge in [0.25, 0.3) is 0 Å². The fraction of sp³-hybridized carbons (Fsp3) is 0. The lowest BCUT2D eigenvalue weighted by atomic mass is 10.2. The molecular weight excluding hydrogens is 164 g/mol. The highest BCUT2D eigenvalue weighted by Gasteiger charge is 1.92. The fourth-order valence-electron chi connectivity index (χ4n) is 0.889. The maximum Gasteiger partial charge on any atom is 0.0908 e. The highest BCUT2D eigenvalue weighted by Crippen LogP contribution is 2.18. The Labute approximate surface area is 75.9 Å². The maximum absolute atomic E-state index is 8.02. The number of aliphatic imine (C=N–C) groups is 1. The van der Waals surface area contributed by atoms with Crippen molar-refractivity contribution in [2.45, 2.75) is 0 Å². The van der Waals surface area contributed by atoms with Gasteiger partial charge in [-0.25, -0.2) is 0 Å². The first-order chi connectivity index (χ1) is 6.38. The minimum atomic E-state index is 0.741. The number of hydrogen-bond donors (Lipinski definition) is 0. The van der Waals surface area contributed by atoms with Crippen LogP contribution < -0.4 is 0 Å². The Hall–Kier alpha value is -2.06. The van der Waals surface area contributed by atoms with Gasteiger partial charge in [0.2, 0.25) is 0 Å². The Balaban J connectivity index is 2.99. The molecule has 4 nitrogen and oxygen atoms in total. The first-order valence-electron chi connectivity index (χ1n) is 3.66. The highest BCUT2D eigenvalue weighted by atomic mass is 15.1. The third-order valence-corrected chi connectivity index (χ3v) is 1.46. The molecule has 64 valence electrons. The summed E-state index contributed by atoms with van der Waals surface area (Å²) in [7, 11) is 0. The summed E-state index contributed by atoms with van der Waals surface area (Å²) in [4.78, 5) is 6.51. The van der Waals surface area contributed by atoms with Gasteiger partial charge >= 0.3 is 0 Å². The van der Waals surface area contributed by atoms with E-state index in [-0.39, 0.29) is 0 Å². The molecule has 0 spiro atoms. The summed E-state index contributed by atoms with van der Waals surface area (Å²) >= 11 is 0. The Morgan fingerprint density at radius 3 is 2.85 bits per heavy atom. The van der Waals surface area contributed by atoms with E-state index in [1.807, 2.05) is 24.3 Å². The van der Waals surface area contributed by atoms with Crippen molar-refractivity contribution in [3.8, 4) is 0 Å². The van der Waals surface area contributed by atoms with Gasteiger partial charge in [0.1, 0.15) is 0 Å². The Morgan fingerprint density at radius 1 is 1.38 bits per heavy atom. The topological polar surface area (TPSA) is 61.1 Å². The SMILES string of the molecule is C=Cc1ccccc1N=CN=[N+]=[N-]. The van der Waals surface area contributed by atoms with Crippen molar-refractivity contribution < 1.29 is 0 Å². The summed E-state index contributed by atoms with van der Waals surface area (Å²) in [5.74, 6) is 0. The summed E-state index contributed by atoms with van der Waals surface area (Å²) in [5.41, 5.74) is 9.67. The fourth-order valence-corrected chi connectivity index (χ4v) is 0.889. The molecule has 1 rings (SSSR count). The van der Waals surface area contributed by atoms with Gasteiger partial charge in [-0.2, -0.15) is 0 Å². The van der Waals surface area contributed by atoms with Crippen LogP contribution >= 0.6 is 0 Å². The van der Waals surface area contributed by atoms with Crippen molar-refractivity contribution >= 4 is 18.1 Å². The first-order valence-corrected chi connectivity index (χ1v) is 3.66. The van der Waals surface area contributed by atoms with Crippen LogP contribution in [0.4, 0.5) is 5.69 Å². The zero-order valence-corrected chi connectivity index (χ0v) is 6.96. The van der Waals surface area contributed by atoms with E-state index in [1.165, 1.54) is 6.34 Å². The molecule has 0 amide bonds. The van der Waals surface area contributed by atoms with Gasteiger partial charge in [-0.3, -0.25) is 4.99 Å². The van der Waals surface area contributed by atoms with Gasteiger partial charge in [-0.1, -0.05) is 30.9 Å². The van der Waals surface area contributed by atoms with E-state index in [4.69, 9.17) is 5.53 Å². The molecular formula is C9H8N4. The smallest absolute Gasteiger partial charge is 0.0908 e. The first kappa shape index (κ1) is 9.03. The Morgan fingerprint density at radius 2 is 2.15 bits per heavy atom. The number of hydrogen-bond acceptors (Lipinski definition) is 1. The van der Waals surface area contributed by atoms with E-state index < -0.39 is 0 Å². The molecule has 0 saturated heterocycles. The third kappa shape index (κ3) is 2.47. The van der Waals surface area contributed by atoms with Crippen LogP contribution in [0, 0.1) is 0 Å². The predicted molar refractivity (Wildman–Crippen MR) is 53.8 cm³/mol. The molecule has 0 atom stereocenters. The highest BCUT2D eigenvalue weighted by molar-refractivity contribution is 5.69. The quantitative estimate of drug-likeness (QED) is 0.221. The Bertz CT molecular complexity index is 375. The molecule has 0 saturated carbocycles. The largest absolute Gasteiger partial charge is 0.254 e. The summed E-state index contributed by atoms with van der Waals surface area (Å²) in [6.07, 6.45) is 2.87. The molecule has 0 fully saturated rings. The molecule has 0 bridgehead atoms. The second kappa shape index (κ2) is 4.74. The lowest BCUT2D eigenvalue weighted by Gasteiger charge is -1.96. The summed E-state index contributed by atoms with van der Waals surface area (Å²) in [6, 6.07) is 7.45. The maximum atomic E-state index is 8.02. The van der Waals surface area contributed by atoms with E-state index in [0.29, 0.717) is 0 Å². The minimum absolute atomic E-state index is 0.741. The lowest BCUT2D eigenvalue weighted by Crippen LogP contribution is -1.72. The van der Waals surface area contributed by atoms with Gasteiger partial charge in [0.15, 0.2) is 0 Å². The standard InChI is InChI=1S/C9H8N4/c1-2-8-5-3-4-6-9(8)11-7-12-13-10/h2-7H,1H2. The van der Waals surface area contributed by atoms with E-state index in [9.17, 15) is 0 Å². The zero-order valence-electron chi connectivity index (χ0n) is 6.96. The number of benzene rings is 1. The summed E-state index contributed by atoms with van der Waals surface area (Å²) < 4.78 is 0. The average Bonchev–Trinajstić information content (AvgIpc) is 2.19. The van der Waals surface area contributed by atoms with Crippen LogP contribution in [0.15, 0.2) is 41.0 Å². The molecule has 0 aliphatic carbocycles. The van der Waals surface area contributed by atoms with E-state index in [0.717, 1.165) is 11.3 Å². The van der Waals surface area contributed by atoms with Crippen molar-refractivity contribution in [3.63, 3.8) is 0 Å². The monoisotopic (exact) mass is 172 g/mol. The molecule has 0 N–H and O–H groups in total. The van der Waals surface area contributed by atoms with Crippen molar-refractivity contribution in [3.05, 3.63) is 46.9 Å². The van der Waals surface area contributed by atoms with E-state index >= 15 is 0 Å². The van der Waals surface area contributed by atoms with Crippen LogP contribution in [0.1, 0.15) is 5.56 Å². The predicted octanol–water partition coefficient (Wildman–Crippen LogP) is 3.30. The third-order valence-electron chi connectivity index (χ3n) is 1.46. The zero-order chi connectivity index (χ0) is 9.52. The van der Waals surface area contributed by atoms with Crippen LogP contribution in [0.5, 0.6) is 0 Å². The normalized spacial score (nSPS) is 9.54. The van der Waals surface area contributed by atoms with Gasteiger partial charge in [-0.15, -0.1) is 0 Å². The molecule has 0 radical (unpaired) electrons. The molecule has 0 aromatic heterocycles. The van der Waals surface area contributed by atoms with Crippen LogP contribution in [0.3, 0.4) is 0 Å². The molecule has 0 unspecified atom stereocenters. The van der Waals surface area contributed by atoms with Crippen LogP contribution in [-0.2, 0) is 0 Å². The van der Waals surface area contributed by atoms with Crippen LogP contribution in [0.2, 0.25) is 0 Å². The van der Waals surface area contributed by atoms with Crippen molar-refractivity contribution in [2.75, 3.05) is 0 Å². The summed E-state index contributed by atoms with van der Waals surface area (Å²) in [5, 5.41) is 3.20. The molecule has 4 heteroatoms. The Kier molecular flexibility index (Phi) is 3.30. The second-order valence-corrected chi connectivity index (χ2v) is 2.21. The van der Waals surface area contributed by atoms with Gasteiger partial charge in [-0.05, 0) is 22.3 Å². The minimum Gasteiger partial charge on any atom is -0.254 e. The average molecular weight is 172 g/mol. The van der Waals surface area contributed by atoms with Gasteiger partial charge in [0.05, 0.1) is 12.0 Å². The molecule has 0 aliphatic heterocycles. The van der Waals surface area contributed by atoms with Gasteiger partial charge < -0.3 is 0 Å². The van der Waals surface area contributed by atoms with Crippen molar-refractivity contribution in [1.29, 1.82) is 0 Å². The lowest BCUT2D eigenvalue weighted by molar-refractivity contribution is 1.48.